The van der Waals surface area contributed by atoms with Crippen LogP contribution in [0.15, 0.2) is 22.7 Å². The van der Waals surface area contributed by atoms with E-state index in [4.69, 9.17) is 0 Å². The number of Topliss-reactive ketones (excluding diaryl/α,β-unsaturated/α-hetero) is 1. The van der Waals surface area contributed by atoms with Crippen LogP contribution < -0.4 is 10.2 Å². The molecule has 1 N–H and O–H groups in total. The summed E-state index contributed by atoms with van der Waals surface area (Å²) in [6, 6.07) is 6.90. The van der Waals surface area contributed by atoms with Gasteiger partial charge in [-0.3, -0.25) is 4.79 Å². The Bertz CT molecular complexity index is 465. The van der Waals surface area contributed by atoms with E-state index in [0.29, 0.717) is 11.8 Å². The molecular formula is C14H17BrN2O. The van der Waals surface area contributed by atoms with E-state index in [1.165, 1.54) is 11.4 Å². The summed E-state index contributed by atoms with van der Waals surface area (Å²) in [6.07, 6.45) is 3.51. The first-order chi connectivity index (χ1) is 8.74. The van der Waals surface area contributed by atoms with Crippen LogP contribution in [0.2, 0.25) is 0 Å². The van der Waals surface area contributed by atoms with Gasteiger partial charge < -0.3 is 10.2 Å². The third kappa shape index (κ3) is 2.26. The normalized spacial score (nSPS) is 20.5. The summed E-state index contributed by atoms with van der Waals surface area (Å²) in [6.45, 7) is 2.02. The van der Waals surface area contributed by atoms with E-state index in [1.54, 1.807) is 0 Å². The zero-order chi connectivity index (χ0) is 12.5. The van der Waals surface area contributed by atoms with Crippen LogP contribution in [0.5, 0.6) is 0 Å². The lowest BCUT2D eigenvalue weighted by atomic mass is 9.92. The van der Waals surface area contributed by atoms with Gasteiger partial charge >= 0.3 is 0 Å². The number of halogens is 1. The van der Waals surface area contributed by atoms with Crippen LogP contribution in [0.25, 0.3) is 0 Å². The Morgan fingerprint density at radius 1 is 1.28 bits per heavy atom. The molecule has 0 spiro atoms. The van der Waals surface area contributed by atoms with Crippen molar-refractivity contribution < 1.29 is 4.79 Å². The average molecular weight is 309 g/mol. The Morgan fingerprint density at radius 2 is 2.06 bits per heavy atom. The topological polar surface area (TPSA) is 32.3 Å². The Kier molecular flexibility index (Phi) is 3.29. The molecule has 3 nitrogen and oxygen atoms in total. The first-order valence-electron chi connectivity index (χ1n) is 6.56. The van der Waals surface area contributed by atoms with Crippen LogP contribution in [0, 0.1) is 0 Å². The van der Waals surface area contributed by atoms with E-state index in [9.17, 15) is 4.79 Å². The molecule has 4 heteroatoms. The van der Waals surface area contributed by atoms with Crippen molar-refractivity contribution in [2.24, 2.45) is 0 Å². The summed E-state index contributed by atoms with van der Waals surface area (Å²) >= 11 is 3.54. The fraction of sp³-hybridized carbons (Fsp3) is 0.500. The molecule has 2 aliphatic rings. The second-order valence-electron chi connectivity index (χ2n) is 5.05. The number of carbonyl (C=O) groups excluding carboxylic acids is 1. The maximum absolute atomic E-state index is 11.4. The minimum atomic E-state index is 0.427. The predicted octanol–water partition coefficient (Wildman–Crippen LogP) is 3.19. The first-order valence-corrected chi connectivity index (χ1v) is 7.35. The highest BCUT2D eigenvalue weighted by Gasteiger charge is 2.27. The van der Waals surface area contributed by atoms with Gasteiger partial charge in [-0.15, -0.1) is 0 Å². The lowest BCUT2D eigenvalue weighted by molar-refractivity contribution is -0.120. The molecule has 18 heavy (non-hydrogen) atoms. The number of anilines is 2. The zero-order valence-electron chi connectivity index (χ0n) is 10.3. The van der Waals surface area contributed by atoms with E-state index in [2.05, 4.69) is 44.3 Å². The monoisotopic (exact) mass is 308 g/mol. The highest BCUT2D eigenvalue weighted by atomic mass is 79.9. The van der Waals surface area contributed by atoms with Crippen molar-refractivity contribution in [3.63, 3.8) is 0 Å². The number of hydrogen-bond acceptors (Lipinski definition) is 3. The lowest BCUT2D eigenvalue weighted by Gasteiger charge is -2.40. The van der Waals surface area contributed by atoms with Gasteiger partial charge in [0.25, 0.3) is 0 Å². The fourth-order valence-corrected chi connectivity index (χ4v) is 3.29. The SMILES string of the molecule is O=C1CCC(N2CCNc3ccc(Br)cc32)CC1. The van der Waals surface area contributed by atoms with Crippen molar-refractivity contribution in [3.05, 3.63) is 22.7 Å². The highest BCUT2D eigenvalue weighted by Crippen LogP contribution is 2.35. The standard InChI is InChI=1S/C14H17BrN2O/c15-10-1-6-13-14(9-10)17(8-7-16-13)11-2-4-12(18)5-3-11/h1,6,9,11,16H,2-5,7-8H2. The number of carbonyl (C=O) groups is 1. The predicted molar refractivity (Wildman–Crippen MR) is 77.2 cm³/mol. The van der Waals surface area contributed by atoms with Crippen LogP contribution in [0.3, 0.4) is 0 Å². The van der Waals surface area contributed by atoms with Crippen molar-refractivity contribution in [1.82, 2.24) is 0 Å². The third-order valence-electron chi connectivity index (χ3n) is 3.89. The molecule has 0 unspecified atom stereocenters. The number of hydrogen-bond donors (Lipinski definition) is 1. The molecule has 1 aromatic rings. The number of ketones is 1. The molecule has 0 atom stereocenters. The molecule has 96 valence electrons. The fourth-order valence-electron chi connectivity index (χ4n) is 2.94. The molecule has 0 amide bonds. The molecule has 0 radical (unpaired) electrons. The summed E-state index contributed by atoms with van der Waals surface area (Å²) in [5.41, 5.74) is 2.48. The van der Waals surface area contributed by atoms with Gasteiger partial charge in [-0.2, -0.15) is 0 Å². The van der Waals surface area contributed by atoms with Gasteiger partial charge in [-0.05, 0) is 31.0 Å². The van der Waals surface area contributed by atoms with Crippen LogP contribution >= 0.6 is 15.9 Å². The largest absolute Gasteiger partial charge is 0.382 e. The number of nitrogens with zero attached hydrogens (tertiary/aromatic N) is 1. The lowest BCUT2D eigenvalue weighted by Crippen LogP contribution is -2.43. The highest BCUT2D eigenvalue weighted by molar-refractivity contribution is 9.10. The van der Waals surface area contributed by atoms with Gasteiger partial charge in [0.1, 0.15) is 5.78 Å². The van der Waals surface area contributed by atoms with Gasteiger partial charge in [0.05, 0.1) is 11.4 Å². The third-order valence-corrected chi connectivity index (χ3v) is 4.38. The van der Waals surface area contributed by atoms with E-state index in [-0.39, 0.29) is 0 Å². The average Bonchev–Trinajstić information content (AvgIpc) is 2.39. The molecular weight excluding hydrogens is 292 g/mol. The maximum Gasteiger partial charge on any atom is 0.133 e. The number of fused-ring (bicyclic) bond motifs is 1. The van der Waals surface area contributed by atoms with Gasteiger partial charge in [-0.1, -0.05) is 15.9 Å². The first kappa shape index (κ1) is 12.0. The van der Waals surface area contributed by atoms with Gasteiger partial charge in [0, 0.05) is 36.4 Å². The molecule has 1 aliphatic heterocycles. The smallest absolute Gasteiger partial charge is 0.133 e. The Balaban J connectivity index is 1.86. The Hall–Kier alpha value is -1.03. The number of nitrogens with one attached hydrogen (secondary N) is 1. The van der Waals surface area contributed by atoms with Crippen molar-refractivity contribution in [2.75, 3.05) is 23.3 Å². The quantitative estimate of drug-likeness (QED) is 0.865. The summed E-state index contributed by atoms with van der Waals surface area (Å²) in [5.74, 6) is 0.427. The van der Waals surface area contributed by atoms with Crippen molar-refractivity contribution in [2.45, 2.75) is 31.7 Å². The Labute approximate surface area is 116 Å². The molecule has 0 saturated heterocycles. The zero-order valence-corrected chi connectivity index (χ0v) is 11.9. The van der Waals surface area contributed by atoms with Gasteiger partial charge in [0.15, 0.2) is 0 Å². The van der Waals surface area contributed by atoms with Gasteiger partial charge in [0.2, 0.25) is 0 Å². The molecule has 1 heterocycles. The molecule has 1 aromatic carbocycles. The maximum atomic E-state index is 11.4. The van der Waals surface area contributed by atoms with E-state index >= 15 is 0 Å². The van der Waals surface area contributed by atoms with Crippen LogP contribution in [0.4, 0.5) is 11.4 Å². The van der Waals surface area contributed by atoms with Crippen LogP contribution in [-0.2, 0) is 4.79 Å². The second kappa shape index (κ2) is 4.92. The molecule has 1 aliphatic carbocycles. The van der Waals surface area contributed by atoms with Crippen molar-refractivity contribution >= 4 is 33.1 Å². The van der Waals surface area contributed by atoms with E-state index in [1.807, 2.05) is 0 Å². The Morgan fingerprint density at radius 3 is 2.83 bits per heavy atom. The minimum Gasteiger partial charge on any atom is -0.382 e. The summed E-state index contributed by atoms with van der Waals surface area (Å²) in [4.78, 5) is 13.8. The van der Waals surface area contributed by atoms with Crippen molar-refractivity contribution in [3.8, 4) is 0 Å². The molecule has 3 rings (SSSR count). The minimum absolute atomic E-state index is 0.427. The number of benzene rings is 1. The number of rotatable bonds is 1. The molecule has 0 aromatic heterocycles. The second-order valence-corrected chi connectivity index (χ2v) is 5.97. The summed E-state index contributed by atoms with van der Waals surface area (Å²) in [7, 11) is 0. The summed E-state index contributed by atoms with van der Waals surface area (Å²) < 4.78 is 1.11. The van der Waals surface area contributed by atoms with Crippen LogP contribution in [-0.4, -0.2) is 24.9 Å². The van der Waals surface area contributed by atoms with Crippen LogP contribution in [0.1, 0.15) is 25.7 Å². The molecule has 1 fully saturated rings. The van der Waals surface area contributed by atoms with Crippen molar-refractivity contribution in [1.29, 1.82) is 0 Å². The summed E-state index contributed by atoms with van der Waals surface area (Å²) in [5, 5.41) is 3.44. The molecule has 1 saturated carbocycles. The molecule has 0 bridgehead atoms. The van der Waals surface area contributed by atoms with E-state index in [0.717, 1.165) is 43.2 Å². The van der Waals surface area contributed by atoms with E-state index < -0.39 is 0 Å². The van der Waals surface area contributed by atoms with Gasteiger partial charge in [-0.25, -0.2) is 0 Å².